The van der Waals surface area contributed by atoms with E-state index < -0.39 is 0 Å². The second-order valence-corrected chi connectivity index (χ2v) is 5.54. The molecule has 0 spiro atoms. The Bertz CT molecular complexity index is 660. The summed E-state index contributed by atoms with van der Waals surface area (Å²) in [7, 11) is 0. The number of rotatable bonds is 4. The average Bonchev–Trinajstić information content (AvgIpc) is 2.47. The summed E-state index contributed by atoms with van der Waals surface area (Å²) >= 11 is 3.32. The summed E-state index contributed by atoms with van der Waals surface area (Å²) in [5.41, 5.74) is 7.62. The van der Waals surface area contributed by atoms with E-state index in [4.69, 9.17) is 5.73 Å². The van der Waals surface area contributed by atoms with E-state index in [0.29, 0.717) is 28.8 Å². The summed E-state index contributed by atoms with van der Waals surface area (Å²) < 4.78 is 13.9. The van der Waals surface area contributed by atoms with Crippen LogP contribution in [-0.4, -0.2) is 17.4 Å². The number of carbonyl (C=O) groups is 1. The number of benzene rings is 2. The number of carbonyl (C=O) groups excluding carboxylic acids is 1. The van der Waals surface area contributed by atoms with Crippen molar-refractivity contribution in [1.82, 2.24) is 4.90 Å². The SMILES string of the molecule is CCN(Cc1cccc(F)c1)C(=O)c1ccc(N)c(Br)c1. The van der Waals surface area contributed by atoms with E-state index in [1.165, 1.54) is 12.1 Å². The average molecular weight is 351 g/mol. The van der Waals surface area contributed by atoms with Gasteiger partial charge >= 0.3 is 0 Å². The summed E-state index contributed by atoms with van der Waals surface area (Å²) in [6, 6.07) is 11.4. The van der Waals surface area contributed by atoms with Gasteiger partial charge in [0.05, 0.1) is 0 Å². The van der Waals surface area contributed by atoms with Gasteiger partial charge in [0.15, 0.2) is 0 Å². The maximum Gasteiger partial charge on any atom is 0.254 e. The lowest BCUT2D eigenvalue weighted by Gasteiger charge is -2.21. The van der Waals surface area contributed by atoms with E-state index in [2.05, 4.69) is 15.9 Å². The molecule has 21 heavy (non-hydrogen) atoms. The fourth-order valence-corrected chi connectivity index (χ4v) is 2.40. The lowest BCUT2D eigenvalue weighted by molar-refractivity contribution is 0.0752. The molecule has 0 aliphatic rings. The van der Waals surface area contributed by atoms with Crippen LogP contribution in [0.2, 0.25) is 0 Å². The highest BCUT2D eigenvalue weighted by Gasteiger charge is 2.15. The minimum atomic E-state index is -0.300. The molecule has 0 fully saturated rings. The predicted octanol–water partition coefficient (Wildman–Crippen LogP) is 3.83. The Kier molecular flexibility index (Phi) is 4.96. The highest BCUT2D eigenvalue weighted by Crippen LogP contribution is 2.21. The summed E-state index contributed by atoms with van der Waals surface area (Å²) in [5, 5.41) is 0. The molecule has 2 N–H and O–H groups in total. The molecule has 0 aliphatic carbocycles. The second-order valence-electron chi connectivity index (χ2n) is 4.69. The van der Waals surface area contributed by atoms with Crippen molar-refractivity contribution >= 4 is 27.5 Å². The zero-order chi connectivity index (χ0) is 15.4. The molecule has 0 aliphatic heterocycles. The summed E-state index contributed by atoms with van der Waals surface area (Å²) in [5.74, 6) is -0.409. The van der Waals surface area contributed by atoms with Crippen LogP contribution in [0.25, 0.3) is 0 Å². The maximum absolute atomic E-state index is 13.2. The highest BCUT2D eigenvalue weighted by atomic mass is 79.9. The summed E-state index contributed by atoms with van der Waals surface area (Å²) in [6.45, 7) is 2.80. The number of nitrogen functional groups attached to an aromatic ring is 1. The second kappa shape index (κ2) is 6.72. The quantitative estimate of drug-likeness (QED) is 0.851. The Morgan fingerprint density at radius 1 is 1.29 bits per heavy atom. The first-order valence-corrected chi connectivity index (χ1v) is 7.39. The number of hydrogen-bond acceptors (Lipinski definition) is 2. The van der Waals surface area contributed by atoms with Gasteiger partial charge in [-0.15, -0.1) is 0 Å². The van der Waals surface area contributed by atoms with E-state index >= 15 is 0 Å². The van der Waals surface area contributed by atoms with Crippen LogP contribution in [0.5, 0.6) is 0 Å². The number of nitrogens with two attached hydrogens (primary N) is 1. The van der Waals surface area contributed by atoms with Crippen LogP contribution in [0.15, 0.2) is 46.9 Å². The Labute approximate surface area is 131 Å². The Balaban J connectivity index is 2.20. The minimum absolute atomic E-state index is 0.109. The third-order valence-corrected chi connectivity index (χ3v) is 3.87. The van der Waals surface area contributed by atoms with Crippen LogP contribution in [-0.2, 0) is 6.54 Å². The van der Waals surface area contributed by atoms with Crippen LogP contribution >= 0.6 is 15.9 Å². The predicted molar refractivity (Wildman–Crippen MR) is 85.4 cm³/mol. The Hall–Kier alpha value is -1.88. The number of halogens is 2. The minimum Gasteiger partial charge on any atom is -0.398 e. The molecule has 2 rings (SSSR count). The number of anilines is 1. The standard InChI is InChI=1S/C16H16BrFN2O/c1-2-20(10-11-4-3-5-13(18)8-11)16(21)12-6-7-15(19)14(17)9-12/h3-9H,2,10,19H2,1H3. The lowest BCUT2D eigenvalue weighted by Crippen LogP contribution is -2.30. The molecule has 0 bridgehead atoms. The van der Waals surface area contributed by atoms with Gasteiger partial charge in [-0.2, -0.15) is 0 Å². The zero-order valence-corrected chi connectivity index (χ0v) is 13.2. The largest absolute Gasteiger partial charge is 0.398 e. The molecular formula is C16H16BrFN2O. The van der Waals surface area contributed by atoms with E-state index in [-0.39, 0.29) is 11.7 Å². The number of nitrogens with zero attached hydrogens (tertiary/aromatic N) is 1. The van der Waals surface area contributed by atoms with Crippen LogP contribution in [0.3, 0.4) is 0 Å². The fraction of sp³-hybridized carbons (Fsp3) is 0.188. The van der Waals surface area contributed by atoms with Gasteiger partial charge in [0.1, 0.15) is 5.82 Å². The molecule has 110 valence electrons. The third-order valence-electron chi connectivity index (χ3n) is 3.18. The third kappa shape index (κ3) is 3.82. The summed E-state index contributed by atoms with van der Waals surface area (Å²) in [4.78, 5) is 14.2. The number of hydrogen-bond donors (Lipinski definition) is 1. The topological polar surface area (TPSA) is 46.3 Å². The first-order chi connectivity index (χ1) is 10.0. The normalized spacial score (nSPS) is 10.4. The zero-order valence-electron chi connectivity index (χ0n) is 11.6. The molecule has 2 aromatic rings. The van der Waals surface area contributed by atoms with E-state index in [1.807, 2.05) is 6.92 Å². The van der Waals surface area contributed by atoms with E-state index in [0.717, 1.165) is 5.56 Å². The van der Waals surface area contributed by atoms with Gasteiger partial charge in [-0.25, -0.2) is 4.39 Å². The number of amides is 1. The molecule has 0 saturated carbocycles. The molecular weight excluding hydrogens is 335 g/mol. The van der Waals surface area contributed by atoms with Gasteiger partial charge in [-0.1, -0.05) is 12.1 Å². The van der Waals surface area contributed by atoms with Crippen molar-refractivity contribution in [3.8, 4) is 0 Å². The first kappa shape index (κ1) is 15.5. The van der Waals surface area contributed by atoms with Gasteiger partial charge in [0.2, 0.25) is 0 Å². The Morgan fingerprint density at radius 2 is 2.05 bits per heavy atom. The smallest absolute Gasteiger partial charge is 0.254 e. The van der Waals surface area contributed by atoms with Gasteiger partial charge in [-0.05, 0) is 58.7 Å². The lowest BCUT2D eigenvalue weighted by atomic mass is 10.1. The van der Waals surface area contributed by atoms with Gasteiger partial charge < -0.3 is 10.6 Å². The highest BCUT2D eigenvalue weighted by molar-refractivity contribution is 9.10. The van der Waals surface area contributed by atoms with Crippen molar-refractivity contribution < 1.29 is 9.18 Å². The maximum atomic E-state index is 13.2. The van der Waals surface area contributed by atoms with Crippen molar-refractivity contribution in [2.24, 2.45) is 0 Å². The van der Waals surface area contributed by atoms with Crippen molar-refractivity contribution in [3.05, 3.63) is 63.9 Å². The van der Waals surface area contributed by atoms with Crippen LogP contribution in [0, 0.1) is 5.82 Å². The molecule has 5 heteroatoms. The van der Waals surface area contributed by atoms with Crippen LogP contribution in [0.4, 0.5) is 10.1 Å². The van der Waals surface area contributed by atoms with Gasteiger partial charge in [-0.3, -0.25) is 4.79 Å². The van der Waals surface area contributed by atoms with Crippen LogP contribution < -0.4 is 5.73 Å². The Morgan fingerprint density at radius 3 is 2.67 bits per heavy atom. The first-order valence-electron chi connectivity index (χ1n) is 6.60. The van der Waals surface area contributed by atoms with Crippen molar-refractivity contribution in [3.63, 3.8) is 0 Å². The molecule has 0 aromatic heterocycles. The summed E-state index contributed by atoms with van der Waals surface area (Å²) in [6.07, 6.45) is 0. The molecule has 2 aromatic carbocycles. The molecule has 0 unspecified atom stereocenters. The fourth-order valence-electron chi connectivity index (χ4n) is 2.03. The molecule has 1 amide bonds. The van der Waals surface area contributed by atoms with Gasteiger partial charge in [0.25, 0.3) is 5.91 Å². The van der Waals surface area contributed by atoms with E-state index in [9.17, 15) is 9.18 Å². The monoisotopic (exact) mass is 350 g/mol. The molecule has 3 nitrogen and oxygen atoms in total. The van der Waals surface area contributed by atoms with Crippen molar-refractivity contribution in [2.75, 3.05) is 12.3 Å². The van der Waals surface area contributed by atoms with Crippen molar-refractivity contribution in [2.45, 2.75) is 13.5 Å². The molecule has 0 saturated heterocycles. The van der Waals surface area contributed by atoms with Crippen molar-refractivity contribution in [1.29, 1.82) is 0 Å². The molecule has 0 radical (unpaired) electrons. The molecule has 0 heterocycles. The van der Waals surface area contributed by atoms with E-state index in [1.54, 1.807) is 35.2 Å². The van der Waals surface area contributed by atoms with Crippen LogP contribution in [0.1, 0.15) is 22.8 Å². The van der Waals surface area contributed by atoms with Gasteiger partial charge in [0, 0.05) is 28.8 Å². The molecule has 0 atom stereocenters.